The van der Waals surface area contributed by atoms with Gasteiger partial charge in [-0.25, -0.2) is 0 Å². The molecule has 0 spiro atoms. The highest BCUT2D eigenvalue weighted by atomic mass is 79.9. The lowest BCUT2D eigenvalue weighted by Crippen LogP contribution is -2.59. The number of benzene rings is 1. The highest BCUT2D eigenvalue weighted by Crippen LogP contribution is 2.65. The van der Waals surface area contributed by atoms with Gasteiger partial charge in [0.15, 0.2) is 5.78 Å². The fourth-order valence-corrected chi connectivity index (χ4v) is 9.06. The Morgan fingerprint density at radius 3 is 2.50 bits per heavy atom. The zero-order valence-electron chi connectivity index (χ0n) is 17.6. The van der Waals surface area contributed by atoms with Gasteiger partial charge < -0.3 is 5.32 Å². The van der Waals surface area contributed by atoms with Crippen molar-refractivity contribution in [1.29, 1.82) is 0 Å². The molecule has 1 aromatic carbocycles. The van der Waals surface area contributed by atoms with Crippen LogP contribution in [-0.4, -0.2) is 17.7 Å². The molecule has 30 heavy (non-hydrogen) atoms. The summed E-state index contributed by atoms with van der Waals surface area (Å²) in [6, 6.07) is 6.16. The van der Waals surface area contributed by atoms with Crippen LogP contribution in [0.2, 0.25) is 0 Å². The van der Waals surface area contributed by atoms with E-state index < -0.39 is 0 Å². The summed E-state index contributed by atoms with van der Waals surface area (Å²) in [6.45, 7) is 4.74. The number of ketones is 1. The van der Waals surface area contributed by atoms with Crippen molar-refractivity contribution in [2.24, 2.45) is 34.5 Å². The smallest absolute Gasteiger partial charge is 0.243 e. The van der Waals surface area contributed by atoms with Crippen LogP contribution in [-0.2, 0) is 4.79 Å². The standard InChI is InChI=1S/C25H29Br2NO2/c1-24-12-10-16-14(6-9-20-25(16,2)13-11-21(29)28-20)15(24)7-8-17(24)23(30)22-18(26)4-3-5-19(22)27/h3-5,11,13-17,20H,6-10,12H2,1-2H3,(H,28,29)/t14-,15-,16-,17+,20+,24-,25+/m0/s1. The first-order chi connectivity index (χ1) is 14.3. The third-order valence-electron chi connectivity index (χ3n) is 9.21. The normalized spacial score (nSPS) is 42.1. The van der Waals surface area contributed by atoms with Crippen LogP contribution < -0.4 is 5.32 Å². The third-order valence-corrected chi connectivity index (χ3v) is 10.5. The molecule has 5 heteroatoms. The Balaban J connectivity index is 1.45. The maximum absolute atomic E-state index is 13.7. The number of hydrogen-bond acceptors (Lipinski definition) is 2. The van der Waals surface area contributed by atoms with Gasteiger partial charge in [0, 0.05) is 31.9 Å². The highest BCUT2D eigenvalue weighted by molar-refractivity contribution is 9.11. The van der Waals surface area contributed by atoms with E-state index in [0.717, 1.165) is 46.6 Å². The molecule has 7 atom stereocenters. The predicted molar refractivity (Wildman–Crippen MR) is 125 cm³/mol. The number of carbonyl (C=O) groups excluding carboxylic acids is 2. The maximum atomic E-state index is 13.7. The fourth-order valence-electron chi connectivity index (χ4n) is 7.67. The van der Waals surface area contributed by atoms with E-state index in [1.54, 1.807) is 6.08 Å². The van der Waals surface area contributed by atoms with E-state index >= 15 is 0 Å². The molecule has 0 radical (unpaired) electrons. The first-order valence-corrected chi connectivity index (χ1v) is 12.8. The molecule has 1 amide bonds. The lowest BCUT2D eigenvalue weighted by molar-refractivity contribution is -0.122. The Morgan fingerprint density at radius 1 is 1.03 bits per heavy atom. The Hall–Kier alpha value is -0.940. The van der Waals surface area contributed by atoms with Crippen molar-refractivity contribution in [3.05, 3.63) is 44.9 Å². The van der Waals surface area contributed by atoms with Gasteiger partial charge in [-0.1, -0.05) is 57.8 Å². The molecular formula is C25H29Br2NO2. The average Bonchev–Trinajstić information content (AvgIpc) is 3.05. The summed E-state index contributed by atoms with van der Waals surface area (Å²) >= 11 is 7.23. The molecule has 1 aliphatic heterocycles. The lowest BCUT2D eigenvalue weighted by atomic mass is 9.47. The van der Waals surface area contributed by atoms with Gasteiger partial charge >= 0.3 is 0 Å². The number of hydrogen-bond donors (Lipinski definition) is 1. The van der Waals surface area contributed by atoms with Gasteiger partial charge in [-0.05, 0) is 79.9 Å². The molecule has 3 saturated carbocycles. The SMILES string of the molecule is C[C@]12C=CC(=O)N[C@@H]1CC[C@@H]1[C@@H]2CC[C@]2(C)[C@@H](C(=O)c3c(Br)cccc3Br)CC[C@@H]12. The molecule has 0 aromatic heterocycles. The Bertz CT molecular complexity index is 923. The second-order valence-corrected chi connectivity index (χ2v) is 12.1. The maximum Gasteiger partial charge on any atom is 0.243 e. The van der Waals surface area contributed by atoms with E-state index in [4.69, 9.17) is 0 Å². The van der Waals surface area contributed by atoms with Gasteiger partial charge in [-0.15, -0.1) is 0 Å². The molecule has 1 N–H and O–H groups in total. The predicted octanol–water partition coefficient (Wildman–Crippen LogP) is 6.31. The summed E-state index contributed by atoms with van der Waals surface area (Å²) in [7, 11) is 0. The Kier molecular flexibility index (Phi) is 5.09. The number of fused-ring (bicyclic) bond motifs is 5. The molecule has 4 aliphatic rings. The van der Waals surface area contributed by atoms with Crippen LogP contribution in [0.5, 0.6) is 0 Å². The van der Waals surface area contributed by atoms with E-state index in [-0.39, 0.29) is 28.7 Å². The summed E-state index contributed by atoms with van der Waals surface area (Å²) in [6.07, 6.45) is 10.5. The van der Waals surface area contributed by atoms with Gasteiger partial charge in [-0.2, -0.15) is 0 Å². The molecule has 0 bridgehead atoms. The number of amides is 1. The summed E-state index contributed by atoms with van der Waals surface area (Å²) in [5, 5.41) is 3.23. The van der Waals surface area contributed by atoms with Gasteiger partial charge in [0.1, 0.15) is 0 Å². The minimum absolute atomic E-state index is 0.0474. The van der Waals surface area contributed by atoms with Crippen molar-refractivity contribution in [2.45, 2.75) is 58.4 Å². The quantitative estimate of drug-likeness (QED) is 0.452. The summed E-state index contributed by atoms with van der Waals surface area (Å²) < 4.78 is 1.78. The second kappa shape index (κ2) is 7.30. The number of halogens is 2. The number of Topliss-reactive ketones (excluding diaryl/α,β-unsaturated/α-hetero) is 1. The van der Waals surface area contributed by atoms with Crippen LogP contribution >= 0.6 is 31.9 Å². The monoisotopic (exact) mass is 533 g/mol. The van der Waals surface area contributed by atoms with E-state index in [1.807, 2.05) is 18.2 Å². The van der Waals surface area contributed by atoms with E-state index in [2.05, 4.69) is 57.1 Å². The molecule has 1 heterocycles. The average molecular weight is 535 g/mol. The zero-order valence-corrected chi connectivity index (χ0v) is 20.8. The number of nitrogens with one attached hydrogen (secondary N) is 1. The molecular weight excluding hydrogens is 506 g/mol. The topological polar surface area (TPSA) is 46.2 Å². The van der Waals surface area contributed by atoms with Crippen LogP contribution in [0.3, 0.4) is 0 Å². The molecule has 3 aliphatic carbocycles. The lowest BCUT2D eigenvalue weighted by Gasteiger charge is -2.58. The van der Waals surface area contributed by atoms with Crippen LogP contribution in [0.4, 0.5) is 0 Å². The molecule has 5 rings (SSSR count). The first-order valence-electron chi connectivity index (χ1n) is 11.2. The van der Waals surface area contributed by atoms with Gasteiger partial charge in [0.05, 0.1) is 0 Å². The van der Waals surface area contributed by atoms with Gasteiger partial charge in [0.2, 0.25) is 5.91 Å². The summed E-state index contributed by atoms with van der Waals surface area (Å²) in [4.78, 5) is 25.6. The Morgan fingerprint density at radius 2 is 1.77 bits per heavy atom. The van der Waals surface area contributed by atoms with Gasteiger partial charge in [-0.3, -0.25) is 9.59 Å². The van der Waals surface area contributed by atoms with Crippen LogP contribution in [0.25, 0.3) is 0 Å². The molecule has 3 nitrogen and oxygen atoms in total. The third kappa shape index (κ3) is 2.94. The minimum atomic E-state index is 0.0474. The largest absolute Gasteiger partial charge is 0.349 e. The van der Waals surface area contributed by atoms with Crippen molar-refractivity contribution in [3.8, 4) is 0 Å². The van der Waals surface area contributed by atoms with E-state index in [0.29, 0.717) is 23.5 Å². The first kappa shape index (κ1) is 20.9. The Labute approximate surface area is 195 Å². The minimum Gasteiger partial charge on any atom is -0.349 e. The van der Waals surface area contributed by atoms with Crippen LogP contribution in [0.1, 0.15) is 62.7 Å². The summed E-state index contributed by atoms with van der Waals surface area (Å²) in [5.74, 6) is 2.27. The molecule has 0 unspecified atom stereocenters. The van der Waals surface area contributed by atoms with E-state index in [9.17, 15) is 9.59 Å². The second-order valence-electron chi connectivity index (χ2n) is 10.4. The number of rotatable bonds is 2. The van der Waals surface area contributed by atoms with Crippen molar-refractivity contribution < 1.29 is 9.59 Å². The molecule has 160 valence electrons. The van der Waals surface area contributed by atoms with Gasteiger partial charge in [0.25, 0.3) is 0 Å². The van der Waals surface area contributed by atoms with Crippen LogP contribution in [0, 0.1) is 34.5 Å². The van der Waals surface area contributed by atoms with Crippen molar-refractivity contribution in [2.75, 3.05) is 0 Å². The highest BCUT2D eigenvalue weighted by Gasteiger charge is 2.60. The van der Waals surface area contributed by atoms with Crippen LogP contribution in [0.15, 0.2) is 39.3 Å². The van der Waals surface area contributed by atoms with Crippen molar-refractivity contribution >= 4 is 43.6 Å². The fraction of sp³-hybridized carbons (Fsp3) is 0.600. The number of carbonyl (C=O) groups is 2. The van der Waals surface area contributed by atoms with Crippen molar-refractivity contribution in [3.63, 3.8) is 0 Å². The molecule has 3 fully saturated rings. The van der Waals surface area contributed by atoms with Crippen molar-refractivity contribution in [1.82, 2.24) is 5.32 Å². The van der Waals surface area contributed by atoms with E-state index in [1.165, 1.54) is 6.42 Å². The molecule has 0 saturated heterocycles. The summed E-state index contributed by atoms with van der Waals surface area (Å²) in [5.41, 5.74) is 0.920. The zero-order chi connectivity index (χ0) is 21.3. The molecule has 1 aromatic rings.